The van der Waals surface area contributed by atoms with E-state index in [-0.39, 0.29) is 11.7 Å². The summed E-state index contributed by atoms with van der Waals surface area (Å²) in [4.78, 5) is 25.1. The van der Waals surface area contributed by atoms with Crippen molar-refractivity contribution < 1.29 is 19.4 Å². The summed E-state index contributed by atoms with van der Waals surface area (Å²) >= 11 is 0. The molecule has 0 saturated heterocycles. The maximum atomic E-state index is 12.0. The van der Waals surface area contributed by atoms with Crippen molar-refractivity contribution >= 4 is 23.4 Å². The van der Waals surface area contributed by atoms with Gasteiger partial charge in [0.1, 0.15) is 5.75 Å². The Morgan fingerprint density at radius 3 is 2.35 bits per heavy atom. The zero-order valence-electron chi connectivity index (χ0n) is 15.1. The second-order valence-corrected chi connectivity index (χ2v) is 5.87. The number of benzene rings is 2. The Bertz CT molecular complexity index is 726. The molecule has 2 N–H and O–H groups in total. The van der Waals surface area contributed by atoms with Gasteiger partial charge in [-0.15, -0.1) is 0 Å². The SMILES string of the molecule is CCOC(=O)N(C)c1ccc(NC(=O)CCCc2ccc(O)cc2)cc1. The van der Waals surface area contributed by atoms with Gasteiger partial charge < -0.3 is 15.2 Å². The van der Waals surface area contributed by atoms with Gasteiger partial charge in [-0.1, -0.05) is 12.1 Å². The molecular weight excluding hydrogens is 332 g/mol. The van der Waals surface area contributed by atoms with Crippen LogP contribution in [0.3, 0.4) is 0 Å². The Morgan fingerprint density at radius 2 is 1.73 bits per heavy atom. The minimum Gasteiger partial charge on any atom is -0.508 e. The van der Waals surface area contributed by atoms with E-state index in [2.05, 4.69) is 5.32 Å². The van der Waals surface area contributed by atoms with Crippen LogP contribution in [0.4, 0.5) is 16.2 Å². The van der Waals surface area contributed by atoms with Crippen molar-refractivity contribution in [1.82, 2.24) is 0 Å². The Labute approximate surface area is 153 Å². The average Bonchev–Trinajstić information content (AvgIpc) is 2.63. The molecule has 0 atom stereocenters. The molecule has 26 heavy (non-hydrogen) atoms. The summed E-state index contributed by atoms with van der Waals surface area (Å²) in [6, 6.07) is 14.0. The van der Waals surface area contributed by atoms with Gasteiger partial charge in [0.25, 0.3) is 0 Å². The summed E-state index contributed by atoms with van der Waals surface area (Å²) in [6.07, 6.45) is 1.49. The van der Waals surface area contributed by atoms with Crippen molar-refractivity contribution in [3.8, 4) is 5.75 Å². The smallest absolute Gasteiger partial charge is 0.413 e. The van der Waals surface area contributed by atoms with Crippen molar-refractivity contribution in [3.05, 3.63) is 54.1 Å². The van der Waals surface area contributed by atoms with Gasteiger partial charge in [-0.2, -0.15) is 0 Å². The van der Waals surface area contributed by atoms with E-state index in [0.717, 1.165) is 18.4 Å². The third kappa shape index (κ3) is 5.81. The van der Waals surface area contributed by atoms with Crippen molar-refractivity contribution in [1.29, 1.82) is 0 Å². The molecule has 0 spiro atoms. The van der Waals surface area contributed by atoms with Crippen LogP contribution in [0.5, 0.6) is 5.75 Å². The van der Waals surface area contributed by atoms with Crippen molar-refractivity contribution in [2.75, 3.05) is 23.9 Å². The summed E-state index contributed by atoms with van der Waals surface area (Å²) in [6.45, 7) is 2.08. The number of phenols is 1. The summed E-state index contributed by atoms with van der Waals surface area (Å²) < 4.78 is 4.94. The monoisotopic (exact) mass is 356 g/mol. The lowest BCUT2D eigenvalue weighted by atomic mass is 10.1. The molecule has 0 aliphatic heterocycles. The van der Waals surface area contributed by atoms with E-state index in [0.29, 0.717) is 24.4 Å². The van der Waals surface area contributed by atoms with E-state index in [1.54, 1.807) is 50.4 Å². The largest absolute Gasteiger partial charge is 0.508 e. The van der Waals surface area contributed by atoms with E-state index < -0.39 is 6.09 Å². The molecule has 2 rings (SSSR count). The highest BCUT2D eigenvalue weighted by atomic mass is 16.6. The molecule has 0 unspecified atom stereocenters. The lowest BCUT2D eigenvalue weighted by Gasteiger charge is -2.16. The number of nitrogens with zero attached hydrogens (tertiary/aromatic N) is 1. The lowest BCUT2D eigenvalue weighted by molar-refractivity contribution is -0.116. The molecule has 0 aliphatic rings. The number of amides is 2. The van der Waals surface area contributed by atoms with Crippen LogP contribution in [0.2, 0.25) is 0 Å². The molecule has 0 fully saturated rings. The van der Waals surface area contributed by atoms with Gasteiger partial charge in [-0.25, -0.2) is 4.79 Å². The number of ether oxygens (including phenoxy) is 1. The summed E-state index contributed by atoms with van der Waals surface area (Å²) in [5, 5.41) is 12.1. The molecule has 0 radical (unpaired) electrons. The number of nitrogens with one attached hydrogen (secondary N) is 1. The van der Waals surface area contributed by atoms with Gasteiger partial charge in [0.2, 0.25) is 5.91 Å². The molecule has 6 heteroatoms. The standard InChI is InChI=1S/C20H24N2O4/c1-3-26-20(25)22(2)17-11-9-16(10-12-17)21-19(24)6-4-5-15-7-13-18(23)14-8-15/h7-14,23H,3-6H2,1-2H3,(H,21,24). The molecule has 0 aromatic heterocycles. The van der Waals surface area contributed by atoms with Crippen molar-refractivity contribution in [2.24, 2.45) is 0 Å². The molecule has 0 saturated carbocycles. The maximum Gasteiger partial charge on any atom is 0.413 e. The second-order valence-electron chi connectivity index (χ2n) is 5.87. The number of carbonyl (C=O) groups is 2. The molecule has 2 amide bonds. The topological polar surface area (TPSA) is 78.9 Å². The van der Waals surface area contributed by atoms with E-state index >= 15 is 0 Å². The normalized spacial score (nSPS) is 10.2. The number of hydrogen-bond acceptors (Lipinski definition) is 4. The number of hydrogen-bond donors (Lipinski definition) is 2. The highest BCUT2D eigenvalue weighted by molar-refractivity contribution is 5.91. The van der Waals surface area contributed by atoms with Crippen LogP contribution in [0.1, 0.15) is 25.3 Å². The minimum atomic E-state index is -0.418. The fraction of sp³-hybridized carbons (Fsp3) is 0.300. The first-order valence-electron chi connectivity index (χ1n) is 8.58. The maximum absolute atomic E-state index is 12.0. The predicted molar refractivity (Wildman–Crippen MR) is 102 cm³/mol. The highest BCUT2D eigenvalue weighted by Crippen LogP contribution is 2.18. The summed E-state index contributed by atoms with van der Waals surface area (Å²) in [5.74, 6) is 0.179. The van der Waals surface area contributed by atoms with E-state index in [9.17, 15) is 14.7 Å². The summed E-state index contributed by atoms with van der Waals surface area (Å²) in [7, 11) is 1.63. The van der Waals surface area contributed by atoms with Gasteiger partial charge in [-0.3, -0.25) is 9.69 Å². The first-order chi connectivity index (χ1) is 12.5. The molecule has 2 aromatic carbocycles. The quantitative estimate of drug-likeness (QED) is 0.787. The zero-order chi connectivity index (χ0) is 18.9. The van der Waals surface area contributed by atoms with Gasteiger partial charge in [0, 0.05) is 24.8 Å². The third-order valence-electron chi connectivity index (χ3n) is 3.89. The van der Waals surface area contributed by atoms with Crippen LogP contribution in [0.25, 0.3) is 0 Å². The third-order valence-corrected chi connectivity index (χ3v) is 3.89. The fourth-order valence-electron chi connectivity index (χ4n) is 2.43. The fourth-order valence-corrected chi connectivity index (χ4v) is 2.43. The molecule has 138 valence electrons. The van der Waals surface area contributed by atoms with Crippen molar-refractivity contribution in [3.63, 3.8) is 0 Å². The molecule has 0 aliphatic carbocycles. The van der Waals surface area contributed by atoms with Crippen LogP contribution < -0.4 is 10.2 Å². The van der Waals surface area contributed by atoms with Gasteiger partial charge >= 0.3 is 6.09 Å². The van der Waals surface area contributed by atoms with Gasteiger partial charge in [-0.05, 0) is 61.7 Å². The molecule has 0 heterocycles. The predicted octanol–water partition coefficient (Wildman–Crippen LogP) is 3.95. The number of aromatic hydroxyl groups is 1. The number of carbonyl (C=O) groups excluding carboxylic acids is 2. The van der Waals surface area contributed by atoms with Crippen LogP contribution in [-0.4, -0.2) is 30.8 Å². The Hall–Kier alpha value is -3.02. The van der Waals surface area contributed by atoms with Crippen LogP contribution in [0, 0.1) is 0 Å². The molecule has 0 bridgehead atoms. The number of anilines is 2. The van der Waals surface area contributed by atoms with Crippen LogP contribution in [-0.2, 0) is 16.0 Å². The second kappa shape index (κ2) is 9.46. The Kier molecular flexibility index (Phi) is 7.02. The molecule has 2 aromatic rings. The van der Waals surface area contributed by atoms with E-state index in [1.807, 2.05) is 12.1 Å². The highest BCUT2D eigenvalue weighted by Gasteiger charge is 2.11. The average molecular weight is 356 g/mol. The van der Waals surface area contributed by atoms with E-state index in [1.165, 1.54) is 4.90 Å². The van der Waals surface area contributed by atoms with Gasteiger partial charge in [0.05, 0.1) is 6.61 Å². The number of aryl methyl sites for hydroxylation is 1. The summed E-state index contributed by atoms with van der Waals surface area (Å²) in [5.41, 5.74) is 2.45. The first-order valence-corrected chi connectivity index (χ1v) is 8.58. The van der Waals surface area contributed by atoms with Crippen molar-refractivity contribution in [2.45, 2.75) is 26.2 Å². The lowest BCUT2D eigenvalue weighted by Crippen LogP contribution is -2.26. The van der Waals surface area contributed by atoms with Crippen LogP contribution in [0.15, 0.2) is 48.5 Å². The Morgan fingerprint density at radius 1 is 1.08 bits per heavy atom. The number of rotatable bonds is 7. The van der Waals surface area contributed by atoms with Crippen LogP contribution >= 0.6 is 0 Å². The van der Waals surface area contributed by atoms with E-state index in [4.69, 9.17) is 4.74 Å². The minimum absolute atomic E-state index is 0.0599. The first kappa shape index (κ1) is 19.3. The number of phenolic OH excluding ortho intramolecular Hbond substituents is 1. The molecule has 6 nitrogen and oxygen atoms in total. The van der Waals surface area contributed by atoms with Gasteiger partial charge in [0.15, 0.2) is 0 Å². The zero-order valence-corrected chi connectivity index (χ0v) is 15.1. The Balaban J connectivity index is 1.79. The molecular formula is C20H24N2O4.